The van der Waals surface area contributed by atoms with Crippen LogP contribution in [-0.2, 0) is 19.5 Å². The molecule has 126 valence electrons. The fourth-order valence-electron chi connectivity index (χ4n) is 2.72. The Hall–Kier alpha value is -0.210. The summed E-state index contributed by atoms with van der Waals surface area (Å²) >= 11 is 0. The van der Waals surface area contributed by atoms with Crippen molar-refractivity contribution in [3.8, 4) is 0 Å². The first kappa shape index (κ1) is 18.8. The van der Waals surface area contributed by atoms with Gasteiger partial charge in [-0.1, -0.05) is 6.42 Å². The molecule has 0 spiro atoms. The molecule has 21 heavy (non-hydrogen) atoms. The fourth-order valence-corrected chi connectivity index (χ4v) is 4.50. The Balaban J connectivity index is 2.59. The molecule has 0 amide bonds. The van der Waals surface area contributed by atoms with E-state index in [1.807, 2.05) is 6.92 Å². The third-order valence-corrected chi connectivity index (χ3v) is 5.92. The lowest BCUT2D eigenvalue weighted by Crippen LogP contribution is -2.45. The van der Waals surface area contributed by atoms with Crippen LogP contribution in [0.5, 0.6) is 0 Å². The Morgan fingerprint density at radius 3 is 2.62 bits per heavy atom. The highest BCUT2D eigenvalue weighted by atomic mass is 32.2. The van der Waals surface area contributed by atoms with Crippen molar-refractivity contribution in [3.63, 3.8) is 0 Å². The van der Waals surface area contributed by atoms with Crippen LogP contribution >= 0.6 is 0 Å². The second kappa shape index (κ2) is 9.74. The van der Waals surface area contributed by atoms with Crippen molar-refractivity contribution in [1.82, 2.24) is 9.62 Å². The number of nitrogens with one attached hydrogen (secondary N) is 1. The zero-order valence-electron chi connectivity index (χ0n) is 13.5. The topological polar surface area (TPSA) is 67.9 Å². The van der Waals surface area contributed by atoms with Gasteiger partial charge in [-0.25, -0.2) is 8.42 Å². The van der Waals surface area contributed by atoms with E-state index in [-0.39, 0.29) is 11.8 Å². The average molecular weight is 322 g/mol. The van der Waals surface area contributed by atoms with Gasteiger partial charge in [-0.05, 0) is 32.7 Å². The van der Waals surface area contributed by atoms with E-state index in [2.05, 4.69) is 5.32 Å². The lowest BCUT2D eigenvalue weighted by atomic mass is 10.0. The zero-order chi connectivity index (χ0) is 15.7. The van der Waals surface area contributed by atoms with E-state index < -0.39 is 10.0 Å². The summed E-state index contributed by atoms with van der Waals surface area (Å²) in [6, 6.07) is 0.157. The molecule has 0 aromatic carbocycles. The minimum Gasteiger partial charge on any atom is -0.383 e. The summed E-state index contributed by atoms with van der Waals surface area (Å²) in [5.41, 5.74) is 0. The van der Waals surface area contributed by atoms with Crippen LogP contribution in [-0.4, -0.2) is 71.1 Å². The van der Waals surface area contributed by atoms with Gasteiger partial charge in [0.05, 0.1) is 19.0 Å². The Bertz CT molecular complexity index is 369. The van der Waals surface area contributed by atoms with Crippen LogP contribution in [0.25, 0.3) is 0 Å². The van der Waals surface area contributed by atoms with Gasteiger partial charge in [0.15, 0.2) is 0 Å². The molecule has 0 aromatic heterocycles. The van der Waals surface area contributed by atoms with Crippen LogP contribution < -0.4 is 5.32 Å². The predicted molar refractivity (Wildman–Crippen MR) is 84.0 cm³/mol. The van der Waals surface area contributed by atoms with Gasteiger partial charge in [0.2, 0.25) is 10.0 Å². The second-order valence-corrected chi connectivity index (χ2v) is 7.70. The first-order chi connectivity index (χ1) is 10.0. The van der Waals surface area contributed by atoms with Crippen LogP contribution in [0.15, 0.2) is 0 Å². The van der Waals surface area contributed by atoms with E-state index in [1.165, 1.54) is 17.1 Å². The zero-order valence-corrected chi connectivity index (χ0v) is 14.3. The number of sulfonamides is 1. The van der Waals surface area contributed by atoms with Gasteiger partial charge in [0.25, 0.3) is 0 Å². The minimum absolute atomic E-state index is 0.172. The summed E-state index contributed by atoms with van der Waals surface area (Å²) in [5.74, 6) is 0.183. The van der Waals surface area contributed by atoms with Crippen LogP contribution in [0, 0.1) is 0 Å². The number of hydrogen-bond donors (Lipinski definition) is 1. The SMILES string of the molecule is COCCN(C(C)COC)S(=O)(=O)CCC1CCCCN1. The van der Waals surface area contributed by atoms with E-state index in [0.717, 1.165) is 13.0 Å². The highest BCUT2D eigenvalue weighted by Gasteiger charge is 2.28. The molecule has 0 radical (unpaired) electrons. The van der Waals surface area contributed by atoms with Crippen molar-refractivity contribution in [3.05, 3.63) is 0 Å². The number of rotatable bonds is 10. The predicted octanol–water partition coefficient (Wildman–Crippen LogP) is 0.832. The van der Waals surface area contributed by atoms with E-state index in [9.17, 15) is 8.42 Å². The second-order valence-electron chi connectivity index (χ2n) is 5.66. The summed E-state index contributed by atoms with van der Waals surface area (Å²) < 4.78 is 36.8. The summed E-state index contributed by atoms with van der Waals surface area (Å²) in [7, 11) is -0.114. The van der Waals surface area contributed by atoms with Crippen LogP contribution in [0.3, 0.4) is 0 Å². The van der Waals surface area contributed by atoms with Gasteiger partial charge < -0.3 is 14.8 Å². The Morgan fingerprint density at radius 2 is 2.05 bits per heavy atom. The molecule has 2 atom stereocenters. The quantitative estimate of drug-likeness (QED) is 0.645. The summed E-state index contributed by atoms with van der Waals surface area (Å²) in [6.45, 7) is 4.04. The Kier molecular flexibility index (Phi) is 8.73. The lowest BCUT2D eigenvalue weighted by Gasteiger charge is -2.29. The van der Waals surface area contributed by atoms with Gasteiger partial charge >= 0.3 is 0 Å². The molecule has 0 bridgehead atoms. The molecule has 0 aliphatic carbocycles. The molecule has 1 N–H and O–H groups in total. The third-order valence-electron chi connectivity index (χ3n) is 3.91. The molecule has 0 saturated carbocycles. The van der Waals surface area contributed by atoms with Crippen molar-refractivity contribution in [2.75, 3.05) is 46.3 Å². The van der Waals surface area contributed by atoms with Gasteiger partial charge in [0, 0.05) is 32.8 Å². The number of hydrogen-bond acceptors (Lipinski definition) is 5. The van der Waals surface area contributed by atoms with Gasteiger partial charge in [0.1, 0.15) is 0 Å². The molecular weight excluding hydrogens is 292 g/mol. The molecule has 1 saturated heterocycles. The number of nitrogens with zero attached hydrogens (tertiary/aromatic N) is 1. The highest BCUT2D eigenvalue weighted by Crippen LogP contribution is 2.14. The highest BCUT2D eigenvalue weighted by molar-refractivity contribution is 7.89. The molecule has 1 fully saturated rings. The molecular formula is C14H30N2O4S. The maximum Gasteiger partial charge on any atom is 0.214 e. The van der Waals surface area contributed by atoms with E-state index in [0.29, 0.717) is 32.2 Å². The smallest absolute Gasteiger partial charge is 0.214 e. The molecule has 0 aromatic rings. The van der Waals surface area contributed by atoms with E-state index in [1.54, 1.807) is 14.2 Å². The van der Waals surface area contributed by atoms with Crippen molar-refractivity contribution < 1.29 is 17.9 Å². The maximum absolute atomic E-state index is 12.6. The molecule has 1 heterocycles. The van der Waals surface area contributed by atoms with Crippen molar-refractivity contribution in [2.24, 2.45) is 0 Å². The lowest BCUT2D eigenvalue weighted by molar-refractivity contribution is 0.119. The van der Waals surface area contributed by atoms with Gasteiger partial charge in [-0.15, -0.1) is 0 Å². The molecule has 7 heteroatoms. The summed E-state index contributed by atoms with van der Waals surface area (Å²) in [6.07, 6.45) is 4.12. The monoisotopic (exact) mass is 322 g/mol. The number of ether oxygens (including phenoxy) is 2. The Morgan fingerprint density at radius 1 is 1.29 bits per heavy atom. The minimum atomic E-state index is -3.28. The summed E-state index contributed by atoms with van der Waals surface area (Å²) in [5, 5.41) is 3.40. The Labute approximate surface area is 129 Å². The molecule has 2 unspecified atom stereocenters. The normalized spacial score (nSPS) is 21.6. The van der Waals surface area contributed by atoms with Crippen molar-refractivity contribution in [2.45, 2.75) is 44.7 Å². The average Bonchev–Trinajstić information content (AvgIpc) is 2.47. The first-order valence-corrected chi connectivity index (χ1v) is 9.33. The number of piperidine rings is 1. The first-order valence-electron chi connectivity index (χ1n) is 7.72. The molecule has 1 aliphatic heterocycles. The van der Waals surface area contributed by atoms with Gasteiger partial charge in [-0.2, -0.15) is 4.31 Å². The van der Waals surface area contributed by atoms with Gasteiger partial charge in [-0.3, -0.25) is 0 Å². The largest absolute Gasteiger partial charge is 0.383 e. The summed E-state index contributed by atoms with van der Waals surface area (Å²) in [4.78, 5) is 0. The van der Waals surface area contributed by atoms with Crippen LogP contribution in [0.4, 0.5) is 0 Å². The standard InChI is InChI=1S/C14H30N2O4S/c1-13(12-20-3)16(9-10-19-2)21(17,18)11-7-14-6-4-5-8-15-14/h13-15H,4-12H2,1-3H3. The van der Waals surface area contributed by atoms with Crippen molar-refractivity contribution in [1.29, 1.82) is 0 Å². The third kappa shape index (κ3) is 6.61. The number of methoxy groups -OCH3 is 2. The fraction of sp³-hybridized carbons (Fsp3) is 1.00. The van der Waals surface area contributed by atoms with Crippen LogP contribution in [0.1, 0.15) is 32.6 Å². The molecule has 1 aliphatic rings. The van der Waals surface area contributed by atoms with Crippen LogP contribution in [0.2, 0.25) is 0 Å². The molecule has 1 rings (SSSR count). The molecule has 6 nitrogen and oxygen atoms in total. The maximum atomic E-state index is 12.6. The van der Waals surface area contributed by atoms with E-state index >= 15 is 0 Å². The van der Waals surface area contributed by atoms with Crippen molar-refractivity contribution >= 4 is 10.0 Å². The van der Waals surface area contributed by atoms with E-state index in [4.69, 9.17) is 9.47 Å².